The minimum Gasteiger partial charge on any atom is -0.505 e. The first-order valence-corrected chi connectivity index (χ1v) is 11.5. The molecule has 0 aromatic heterocycles. The van der Waals surface area contributed by atoms with Crippen LogP contribution in [0, 0.1) is 19.8 Å². The van der Waals surface area contributed by atoms with E-state index in [2.05, 4.69) is 15.8 Å². The molecule has 0 radical (unpaired) electrons. The third-order valence-corrected chi connectivity index (χ3v) is 6.90. The van der Waals surface area contributed by atoms with Crippen LogP contribution in [0.5, 0.6) is 5.75 Å². The van der Waals surface area contributed by atoms with Crippen LogP contribution in [0.15, 0.2) is 41.5 Å². The van der Waals surface area contributed by atoms with Gasteiger partial charge < -0.3 is 15.5 Å². The second kappa shape index (κ2) is 9.67. The van der Waals surface area contributed by atoms with Crippen LogP contribution >= 0.6 is 0 Å². The predicted molar refractivity (Wildman–Crippen MR) is 128 cm³/mol. The van der Waals surface area contributed by atoms with Gasteiger partial charge in [-0.1, -0.05) is 36.8 Å². The molecule has 2 aromatic carbocycles. The number of Topliss-reactive ketones (excluding diaryl/α,β-unsaturated/α-hetero) is 1. The van der Waals surface area contributed by atoms with Crippen molar-refractivity contribution >= 4 is 29.1 Å². The average molecular weight is 464 g/mol. The normalized spacial score (nSPS) is 23.7. The number of carboxylic acids is 1. The van der Waals surface area contributed by atoms with Crippen molar-refractivity contribution in [1.29, 1.82) is 0 Å². The van der Waals surface area contributed by atoms with E-state index in [1.807, 2.05) is 32.0 Å². The molecule has 8 nitrogen and oxygen atoms in total. The lowest BCUT2D eigenvalue weighted by Gasteiger charge is -2.27. The number of benzene rings is 2. The van der Waals surface area contributed by atoms with Gasteiger partial charge in [-0.05, 0) is 67.3 Å². The Morgan fingerprint density at radius 3 is 2.68 bits per heavy atom. The highest BCUT2D eigenvalue weighted by Gasteiger charge is 2.38. The maximum absolute atomic E-state index is 12.8. The number of amides is 1. The highest BCUT2D eigenvalue weighted by molar-refractivity contribution is 6.69. The second-order valence-corrected chi connectivity index (χ2v) is 9.23. The van der Waals surface area contributed by atoms with Gasteiger partial charge in [-0.15, -0.1) is 0 Å². The molecule has 1 saturated carbocycles. The Balaban J connectivity index is 1.48. The number of hydrogen-bond donors (Lipinski definition) is 4. The number of hydrazone groups is 1. The molecule has 2 aromatic rings. The third-order valence-electron chi connectivity index (χ3n) is 6.90. The fraction of sp³-hybridized carbons (Fsp3) is 0.385. The van der Waals surface area contributed by atoms with E-state index in [-0.39, 0.29) is 23.1 Å². The summed E-state index contributed by atoms with van der Waals surface area (Å²) in [6, 6.07) is 10.4. The molecule has 0 spiro atoms. The molecule has 4 N–H and O–H groups in total. The van der Waals surface area contributed by atoms with Crippen molar-refractivity contribution in [2.45, 2.75) is 57.9 Å². The van der Waals surface area contributed by atoms with Crippen LogP contribution in [0.25, 0.3) is 0 Å². The van der Waals surface area contributed by atoms with Gasteiger partial charge in [0.2, 0.25) is 5.78 Å². The summed E-state index contributed by atoms with van der Waals surface area (Å²) >= 11 is 0. The molecule has 1 heterocycles. The van der Waals surface area contributed by atoms with Crippen molar-refractivity contribution in [3.8, 4) is 5.75 Å². The van der Waals surface area contributed by atoms with Crippen LogP contribution in [-0.4, -0.2) is 39.6 Å². The Morgan fingerprint density at radius 2 is 1.94 bits per heavy atom. The van der Waals surface area contributed by atoms with E-state index in [0.29, 0.717) is 24.8 Å². The zero-order valence-electron chi connectivity index (χ0n) is 19.3. The smallest absolute Gasteiger partial charge is 0.306 e. The quantitative estimate of drug-likeness (QED) is 0.384. The van der Waals surface area contributed by atoms with Gasteiger partial charge in [-0.3, -0.25) is 19.8 Å². The molecule has 3 unspecified atom stereocenters. The summed E-state index contributed by atoms with van der Waals surface area (Å²) in [5, 5.41) is 26.9. The van der Waals surface area contributed by atoms with Gasteiger partial charge in [0, 0.05) is 6.42 Å². The standard InChI is InChI=1S/C26H29N3O5/c1-14-9-10-16(11-15(14)2)12-21-24(31)22(25(32)27-21)29-28-20-8-4-7-19(23(20)30)17-5-3-6-18(13-17)26(33)34/h4,7-11,17-18,21,28,30H,3,5-6,12-13H2,1-2H3,(H,27,32)(H,33,34). The molecule has 3 atom stereocenters. The summed E-state index contributed by atoms with van der Waals surface area (Å²) in [5.74, 6) is -2.32. The maximum Gasteiger partial charge on any atom is 0.306 e. The van der Waals surface area contributed by atoms with E-state index in [9.17, 15) is 24.6 Å². The fourth-order valence-corrected chi connectivity index (χ4v) is 4.78. The minimum atomic E-state index is -0.814. The number of nitrogens with zero attached hydrogens (tertiary/aromatic N) is 1. The number of hydrogen-bond acceptors (Lipinski definition) is 6. The predicted octanol–water partition coefficient (Wildman–Crippen LogP) is 3.45. The molecule has 8 heteroatoms. The number of aromatic hydroxyl groups is 1. The molecule has 4 rings (SSSR count). The Morgan fingerprint density at radius 1 is 1.15 bits per heavy atom. The minimum absolute atomic E-state index is 0.0413. The van der Waals surface area contributed by atoms with Gasteiger partial charge in [0.1, 0.15) is 5.75 Å². The zero-order chi connectivity index (χ0) is 24.4. The summed E-state index contributed by atoms with van der Waals surface area (Å²) < 4.78 is 0. The summed E-state index contributed by atoms with van der Waals surface area (Å²) in [5.41, 5.74) is 6.57. The van der Waals surface area contributed by atoms with Crippen LogP contribution < -0.4 is 10.7 Å². The Labute approximate surface area is 198 Å². The number of aryl methyl sites for hydroxylation is 2. The van der Waals surface area contributed by atoms with Gasteiger partial charge in [0.05, 0.1) is 17.6 Å². The van der Waals surface area contributed by atoms with Crippen LogP contribution in [0.2, 0.25) is 0 Å². The summed E-state index contributed by atoms with van der Waals surface area (Å²) in [4.78, 5) is 36.6. The number of aliphatic carboxylic acids is 1. The Bertz CT molecular complexity index is 1170. The molecule has 178 valence electrons. The van der Waals surface area contributed by atoms with E-state index in [0.717, 1.165) is 29.5 Å². The Kier molecular flexibility index (Phi) is 6.68. The monoisotopic (exact) mass is 463 g/mol. The zero-order valence-corrected chi connectivity index (χ0v) is 19.3. The molecule has 2 fully saturated rings. The lowest BCUT2D eigenvalue weighted by molar-refractivity contribution is -0.143. The highest BCUT2D eigenvalue weighted by atomic mass is 16.4. The lowest BCUT2D eigenvalue weighted by Crippen LogP contribution is -2.31. The van der Waals surface area contributed by atoms with Crippen LogP contribution in [-0.2, 0) is 20.8 Å². The maximum atomic E-state index is 12.8. The second-order valence-electron chi connectivity index (χ2n) is 9.23. The van der Waals surface area contributed by atoms with Crippen LogP contribution in [0.4, 0.5) is 5.69 Å². The molecule has 2 aliphatic rings. The van der Waals surface area contributed by atoms with Gasteiger partial charge in [-0.2, -0.15) is 5.10 Å². The third kappa shape index (κ3) is 4.81. The largest absolute Gasteiger partial charge is 0.505 e. The molecular weight excluding hydrogens is 434 g/mol. The topological polar surface area (TPSA) is 128 Å². The Hall–Kier alpha value is -3.68. The van der Waals surface area contributed by atoms with Gasteiger partial charge in [0.15, 0.2) is 5.71 Å². The number of carbonyl (C=O) groups is 3. The summed E-state index contributed by atoms with van der Waals surface area (Å²) in [6.45, 7) is 4.02. The first-order chi connectivity index (χ1) is 16.2. The van der Waals surface area contributed by atoms with Gasteiger partial charge in [0.25, 0.3) is 5.91 Å². The van der Waals surface area contributed by atoms with Gasteiger partial charge in [-0.25, -0.2) is 0 Å². The molecule has 1 amide bonds. The van der Waals surface area contributed by atoms with Crippen molar-refractivity contribution in [1.82, 2.24) is 5.32 Å². The number of phenolic OH excluding ortho intramolecular Hbond substituents is 1. The number of carboxylic acid groups (broad SMARTS) is 1. The van der Waals surface area contributed by atoms with Crippen molar-refractivity contribution in [3.05, 3.63) is 58.7 Å². The van der Waals surface area contributed by atoms with Crippen LogP contribution in [0.3, 0.4) is 0 Å². The van der Waals surface area contributed by atoms with Crippen LogP contribution in [0.1, 0.15) is 53.9 Å². The van der Waals surface area contributed by atoms with Crippen molar-refractivity contribution in [3.63, 3.8) is 0 Å². The van der Waals surface area contributed by atoms with Crippen molar-refractivity contribution in [2.75, 3.05) is 5.43 Å². The van der Waals surface area contributed by atoms with Gasteiger partial charge >= 0.3 is 5.97 Å². The summed E-state index contributed by atoms with van der Waals surface area (Å²) in [7, 11) is 0. The lowest BCUT2D eigenvalue weighted by atomic mass is 9.77. The van der Waals surface area contributed by atoms with E-state index in [1.165, 1.54) is 0 Å². The summed E-state index contributed by atoms with van der Waals surface area (Å²) in [6.07, 6.45) is 3.03. The molecule has 1 aliphatic carbocycles. The first kappa shape index (κ1) is 23.5. The van der Waals surface area contributed by atoms with E-state index in [1.54, 1.807) is 18.2 Å². The average Bonchev–Trinajstić information content (AvgIpc) is 3.08. The molecule has 1 aliphatic heterocycles. The molecular formula is C26H29N3O5. The van der Waals surface area contributed by atoms with E-state index >= 15 is 0 Å². The number of anilines is 1. The number of rotatable bonds is 6. The molecule has 1 saturated heterocycles. The SMILES string of the molecule is Cc1ccc(CC2NC(=O)C(=NNc3cccc(C4CCCC(C(=O)O)C4)c3O)C2=O)cc1C. The van der Waals surface area contributed by atoms with Crippen molar-refractivity contribution in [2.24, 2.45) is 11.0 Å². The number of para-hydroxylation sites is 1. The van der Waals surface area contributed by atoms with E-state index in [4.69, 9.17) is 0 Å². The van der Waals surface area contributed by atoms with Crippen molar-refractivity contribution < 1.29 is 24.6 Å². The number of carbonyl (C=O) groups excluding carboxylic acids is 2. The fourth-order valence-electron chi connectivity index (χ4n) is 4.78. The highest BCUT2D eigenvalue weighted by Crippen LogP contribution is 2.42. The number of nitrogens with one attached hydrogen (secondary N) is 2. The molecule has 0 bridgehead atoms. The van der Waals surface area contributed by atoms with E-state index < -0.39 is 29.6 Å². The first-order valence-electron chi connectivity index (χ1n) is 11.5. The number of ketones is 1. The number of phenols is 1. The molecule has 34 heavy (non-hydrogen) atoms.